The van der Waals surface area contributed by atoms with Crippen molar-refractivity contribution in [3.05, 3.63) is 245 Å². The molecule has 0 unspecified atom stereocenters. The summed E-state index contributed by atoms with van der Waals surface area (Å²) < 4.78 is 0. The number of hydrogen-bond donors (Lipinski definition) is 0. The fourth-order valence-electron chi connectivity index (χ4n) is 14.9. The number of fused-ring (bicyclic) bond motifs is 5. The van der Waals surface area contributed by atoms with E-state index in [1.165, 1.54) is 93.3 Å². The second-order valence-corrected chi connectivity index (χ2v) is 21.1. The number of hydrogen-bond acceptors (Lipinski definition) is 3. The van der Waals surface area contributed by atoms with E-state index < -0.39 is 5.41 Å². The van der Waals surface area contributed by atoms with E-state index in [2.05, 4.69) is 208 Å². The normalized spacial score (nSPS) is 22.9. The Hall–Kier alpha value is -7.23. The molecule has 1 aromatic heterocycles. The Kier molecular flexibility index (Phi) is 8.73. The van der Waals surface area contributed by atoms with Gasteiger partial charge in [0.15, 0.2) is 17.5 Å². The Morgan fingerprint density at radius 1 is 0.338 bits per heavy atom. The maximum atomic E-state index is 5.33. The Bertz CT molecular complexity index is 3380. The van der Waals surface area contributed by atoms with Gasteiger partial charge in [0, 0.05) is 27.5 Å². The van der Waals surface area contributed by atoms with Crippen LogP contribution < -0.4 is 0 Å². The molecule has 3 nitrogen and oxygen atoms in total. The summed E-state index contributed by atoms with van der Waals surface area (Å²) in [5.41, 5.74) is 18.6. The Balaban J connectivity index is 0.957. The van der Waals surface area contributed by atoms with E-state index in [4.69, 9.17) is 15.0 Å². The van der Waals surface area contributed by atoms with E-state index >= 15 is 0 Å². The van der Waals surface area contributed by atoms with Crippen LogP contribution in [0, 0.1) is 23.7 Å². The molecule has 0 radical (unpaired) electrons. The molecule has 3 heteroatoms. The molecule has 328 valence electrons. The van der Waals surface area contributed by atoms with Crippen molar-refractivity contribution in [2.75, 3.05) is 0 Å². The van der Waals surface area contributed by atoms with Crippen molar-refractivity contribution < 1.29 is 0 Å². The van der Waals surface area contributed by atoms with Gasteiger partial charge in [0.25, 0.3) is 0 Å². The lowest BCUT2D eigenvalue weighted by Crippen LogP contribution is -2.59. The summed E-state index contributed by atoms with van der Waals surface area (Å²) in [4.78, 5) is 15.8. The standard InChI is InChI=1S/C65H53N3/c1-63(2)54-26-13-12-25-52(54)53-31-29-47(40-58(53)63)62-67-60(43-17-6-3-7-18-43)66-61(68-62)46-20-16-19-44(38-46)45-30-32-57-59(39-45)65(50-34-41-33-42(36-50)37-51(65)35-41)56-28-15-14-27-55(56)64(57,48-21-8-4-9-22-48)49-23-10-5-11-24-49/h3-32,38-42,50-51H,33-37H2,1-2H3. The summed E-state index contributed by atoms with van der Waals surface area (Å²) in [5.74, 6) is 4.96. The first-order valence-electron chi connectivity index (χ1n) is 24.9. The van der Waals surface area contributed by atoms with Crippen molar-refractivity contribution in [1.29, 1.82) is 0 Å². The van der Waals surface area contributed by atoms with Crippen LogP contribution >= 0.6 is 0 Å². The Morgan fingerprint density at radius 3 is 1.46 bits per heavy atom. The van der Waals surface area contributed by atoms with Crippen molar-refractivity contribution in [3.8, 4) is 56.4 Å². The van der Waals surface area contributed by atoms with E-state index in [0.717, 1.165) is 28.5 Å². The van der Waals surface area contributed by atoms with Gasteiger partial charge in [0.1, 0.15) is 0 Å². The minimum absolute atomic E-state index is 0.0560. The molecule has 4 bridgehead atoms. The molecule has 8 aromatic carbocycles. The maximum absolute atomic E-state index is 5.33. The van der Waals surface area contributed by atoms with Crippen LogP contribution in [0.3, 0.4) is 0 Å². The van der Waals surface area contributed by atoms with Crippen LogP contribution in [-0.2, 0) is 16.2 Å². The molecule has 0 amide bonds. The highest BCUT2D eigenvalue weighted by atomic mass is 15.0. The molecule has 15 rings (SSSR count). The third-order valence-corrected chi connectivity index (χ3v) is 17.4. The third kappa shape index (κ3) is 5.62. The number of aromatic nitrogens is 3. The van der Waals surface area contributed by atoms with Gasteiger partial charge in [-0.15, -0.1) is 0 Å². The first kappa shape index (κ1) is 39.9. The summed E-state index contributed by atoms with van der Waals surface area (Å²) in [5, 5.41) is 0. The summed E-state index contributed by atoms with van der Waals surface area (Å²) in [6.45, 7) is 4.66. The zero-order valence-corrected chi connectivity index (χ0v) is 38.7. The zero-order valence-electron chi connectivity index (χ0n) is 38.7. The lowest BCUT2D eigenvalue weighted by atomic mass is 9.38. The van der Waals surface area contributed by atoms with Crippen molar-refractivity contribution in [3.63, 3.8) is 0 Å². The summed E-state index contributed by atoms with van der Waals surface area (Å²) in [6, 6.07) is 74.9. The monoisotopic (exact) mass is 875 g/mol. The summed E-state index contributed by atoms with van der Waals surface area (Å²) >= 11 is 0. The molecular weight excluding hydrogens is 823 g/mol. The van der Waals surface area contributed by atoms with Crippen molar-refractivity contribution in [2.45, 2.75) is 62.2 Å². The minimum Gasteiger partial charge on any atom is -0.208 e. The van der Waals surface area contributed by atoms with E-state index in [0.29, 0.717) is 29.3 Å². The Morgan fingerprint density at radius 2 is 0.794 bits per heavy atom. The average Bonchev–Trinajstić information content (AvgIpc) is 3.63. The first-order valence-corrected chi connectivity index (χ1v) is 24.9. The molecule has 1 spiro atoms. The summed E-state index contributed by atoms with van der Waals surface area (Å²) in [7, 11) is 0. The van der Waals surface area contributed by atoms with Crippen LogP contribution in [0.15, 0.2) is 200 Å². The number of nitrogens with zero attached hydrogens (tertiary/aromatic N) is 3. The van der Waals surface area contributed by atoms with Gasteiger partial charge in [0.05, 0.1) is 5.41 Å². The maximum Gasteiger partial charge on any atom is 0.164 e. The van der Waals surface area contributed by atoms with Gasteiger partial charge in [-0.05, 0) is 141 Å². The quantitative estimate of drug-likeness (QED) is 0.167. The fraction of sp³-hybridized carbons (Fsp3) is 0.215. The van der Waals surface area contributed by atoms with Crippen LogP contribution in [0.4, 0.5) is 0 Å². The van der Waals surface area contributed by atoms with Crippen molar-refractivity contribution in [2.24, 2.45) is 23.7 Å². The first-order chi connectivity index (χ1) is 33.4. The smallest absolute Gasteiger partial charge is 0.164 e. The van der Waals surface area contributed by atoms with Crippen LogP contribution in [0.5, 0.6) is 0 Å². The van der Waals surface area contributed by atoms with Crippen LogP contribution in [0.2, 0.25) is 0 Å². The molecule has 0 atom stereocenters. The summed E-state index contributed by atoms with van der Waals surface area (Å²) in [6.07, 6.45) is 6.72. The minimum atomic E-state index is -0.473. The predicted octanol–water partition coefficient (Wildman–Crippen LogP) is 15.3. The van der Waals surface area contributed by atoms with Crippen LogP contribution in [0.25, 0.3) is 56.4 Å². The SMILES string of the molecule is CC1(C)c2ccccc2-c2ccc(-c3nc(-c4ccccc4)nc(-c4cccc(-c5ccc6c(c5)C5(c7ccccc7C6(c6ccccc6)c6ccccc6)C6CC7CC(C6)CC5C7)c4)n3)cc21. The lowest BCUT2D eigenvalue weighted by Gasteiger charge is -2.65. The second kappa shape index (κ2) is 14.9. The number of benzene rings is 8. The molecule has 1 heterocycles. The highest BCUT2D eigenvalue weighted by Crippen LogP contribution is 2.70. The van der Waals surface area contributed by atoms with Crippen molar-refractivity contribution >= 4 is 0 Å². The average molecular weight is 876 g/mol. The zero-order chi connectivity index (χ0) is 45.2. The topological polar surface area (TPSA) is 38.7 Å². The van der Waals surface area contributed by atoms with Gasteiger partial charge in [-0.25, -0.2) is 15.0 Å². The van der Waals surface area contributed by atoms with E-state index in [1.807, 2.05) is 6.07 Å². The molecule has 68 heavy (non-hydrogen) atoms. The largest absolute Gasteiger partial charge is 0.208 e. The van der Waals surface area contributed by atoms with Gasteiger partial charge in [-0.1, -0.05) is 196 Å². The highest BCUT2D eigenvalue weighted by molar-refractivity contribution is 5.84. The lowest BCUT2D eigenvalue weighted by molar-refractivity contribution is -0.0440. The molecule has 6 aliphatic carbocycles. The molecule has 6 aliphatic rings. The van der Waals surface area contributed by atoms with Crippen molar-refractivity contribution in [1.82, 2.24) is 15.0 Å². The molecule has 9 aromatic rings. The number of rotatable bonds is 6. The highest BCUT2D eigenvalue weighted by Gasteiger charge is 2.63. The van der Waals surface area contributed by atoms with Gasteiger partial charge < -0.3 is 0 Å². The third-order valence-electron chi connectivity index (χ3n) is 17.4. The molecular formula is C65H53N3. The van der Waals surface area contributed by atoms with Gasteiger partial charge >= 0.3 is 0 Å². The predicted molar refractivity (Wildman–Crippen MR) is 275 cm³/mol. The van der Waals surface area contributed by atoms with Crippen LogP contribution in [-0.4, -0.2) is 15.0 Å². The van der Waals surface area contributed by atoms with E-state index in [-0.39, 0.29) is 10.8 Å². The molecule has 4 saturated carbocycles. The molecule has 0 saturated heterocycles. The van der Waals surface area contributed by atoms with Gasteiger partial charge in [-0.3, -0.25) is 0 Å². The van der Waals surface area contributed by atoms with Gasteiger partial charge in [0.2, 0.25) is 0 Å². The second-order valence-electron chi connectivity index (χ2n) is 21.1. The van der Waals surface area contributed by atoms with Gasteiger partial charge in [-0.2, -0.15) is 0 Å². The Labute approximate surface area is 400 Å². The van der Waals surface area contributed by atoms with E-state index in [9.17, 15) is 0 Å². The molecule has 0 aliphatic heterocycles. The van der Waals surface area contributed by atoms with E-state index in [1.54, 1.807) is 5.56 Å². The molecule has 0 N–H and O–H groups in total. The fourth-order valence-corrected chi connectivity index (χ4v) is 14.9. The van der Waals surface area contributed by atoms with Crippen LogP contribution in [0.1, 0.15) is 90.5 Å². The molecule has 4 fully saturated rings.